The Balaban J connectivity index is 2.39. The molecule has 0 aromatic heterocycles. The molecule has 0 saturated heterocycles. The van der Waals surface area contributed by atoms with Gasteiger partial charge in [0.1, 0.15) is 6.61 Å². The van der Waals surface area contributed by atoms with Crippen molar-refractivity contribution in [1.82, 2.24) is 9.34 Å². The summed E-state index contributed by atoms with van der Waals surface area (Å²) in [5.74, 6) is -4.69. The van der Waals surface area contributed by atoms with Crippen LogP contribution in [0.15, 0.2) is 23.2 Å². The zero-order chi connectivity index (χ0) is 28.6. The molecule has 1 aliphatic carbocycles. The molecule has 1 N–H and O–H groups in total. The highest BCUT2D eigenvalue weighted by molar-refractivity contribution is 7.54. The molecule has 1 heterocycles. The maximum absolute atomic E-state index is 13.5. The third-order valence-electron chi connectivity index (χ3n) is 5.77. The quantitative estimate of drug-likeness (QED) is 0.0966. The van der Waals surface area contributed by atoms with Gasteiger partial charge in [-0.1, -0.05) is 25.0 Å². The molecule has 13 nitrogen and oxygen atoms in total. The molecule has 14 heteroatoms. The minimum absolute atomic E-state index is 0.132. The molecule has 0 saturated carbocycles. The van der Waals surface area contributed by atoms with Gasteiger partial charge in [0.25, 0.3) is 5.76 Å². The fourth-order valence-electron chi connectivity index (χ4n) is 3.58. The second-order valence-corrected chi connectivity index (χ2v) is 12.1. The molecule has 0 aromatic rings. The van der Waals surface area contributed by atoms with E-state index >= 15 is 0 Å². The van der Waals surface area contributed by atoms with Gasteiger partial charge in [-0.05, 0) is 48.0 Å². The lowest BCUT2D eigenvalue weighted by Crippen LogP contribution is -2.40. The summed E-state index contributed by atoms with van der Waals surface area (Å²) in [6, 6.07) is 0. The third kappa shape index (κ3) is 8.05. The van der Waals surface area contributed by atoms with Crippen molar-refractivity contribution in [2.24, 2.45) is 5.92 Å². The van der Waals surface area contributed by atoms with Crippen LogP contribution < -0.4 is 0 Å². The molecular weight excluding hydrogens is 523 g/mol. The van der Waals surface area contributed by atoms with Crippen LogP contribution in [-0.2, 0) is 47.2 Å². The zero-order valence-electron chi connectivity index (χ0n) is 22.6. The summed E-state index contributed by atoms with van der Waals surface area (Å²) in [4.78, 5) is 48.6. The maximum atomic E-state index is 13.5. The Morgan fingerprint density at radius 2 is 1.82 bits per heavy atom. The second-order valence-electron chi connectivity index (χ2n) is 9.37. The van der Waals surface area contributed by atoms with Crippen LogP contribution in [0.1, 0.15) is 46.0 Å². The Labute approximate surface area is 222 Å². The van der Waals surface area contributed by atoms with E-state index < -0.39 is 74.9 Å². The Kier molecular flexibility index (Phi) is 11.4. The number of hydrogen-bond acceptors (Lipinski definition) is 10. The van der Waals surface area contributed by atoms with E-state index in [0.717, 1.165) is 12.0 Å². The fourth-order valence-corrected chi connectivity index (χ4v) is 5.02. The summed E-state index contributed by atoms with van der Waals surface area (Å²) in [5.41, 5.74) is 1.01. The number of cyclic esters (lactones) is 1. The molecule has 2 rings (SSSR count). The van der Waals surface area contributed by atoms with Gasteiger partial charge in [-0.3, -0.25) is 14.4 Å². The van der Waals surface area contributed by atoms with Gasteiger partial charge in [-0.15, -0.1) is 0 Å². The minimum atomic E-state index is -3.71. The van der Waals surface area contributed by atoms with E-state index in [1.54, 1.807) is 6.08 Å². The highest BCUT2D eigenvalue weighted by atomic mass is 31.2. The standard InChI is InChI=1S/C24H37N2O11P/c1-7-8-11-33-21-20(36-24(31)22(21)37-38(32,25(3)4)26(5)6)17(14-34-19(29)10-9-18(27)28)35-23(30)16-12-15(2)13-16/h12,16-17,20H,7-11,13-14H2,1-6H3,(H,27,28). The fraction of sp³-hybridized carbons (Fsp3) is 0.667. The van der Waals surface area contributed by atoms with E-state index in [1.807, 2.05) is 13.8 Å². The van der Waals surface area contributed by atoms with Crippen molar-refractivity contribution in [2.75, 3.05) is 41.4 Å². The highest BCUT2D eigenvalue weighted by Gasteiger charge is 2.48. The summed E-state index contributed by atoms with van der Waals surface area (Å²) >= 11 is 0. The number of carboxylic acid groups (broad SMARTS) is 1. The van der Waals surface area contributed by atoms with E-state index in [0.29, 0.717) is 12.8 Å². The molecule has 3 unspecified atom stereocenters. The van der Waals surface area contributed by atoms with Crippen molar-refractivity contribution < 1.29 is 52.3 Å². The monoisotopic (exact) mass is 560 g/mol. The number of nitrogens with zero attached hydrogens (tertiary/aromatic N) is 2. The Bertz CT molecular complexity index is 1010. The summed E-state index contributed by atoms with van der Waals surface area (Å²) in [7, 11) is 2.37. The van der Waals surface area contributed by atoms with E-state index in [9.17, 15) is 23.7 Å². The number of carbonyl (C=O) groups excluding carboxylic acids is 3. The van der Waals surface area contributed by atoms with E-state index in [1.165, 1.54) is 37.5 Å². The van der Waals surface area contributed by atoms with Crippen molar-refractivity contribution in [3.8, 4) is 0 Å². The number of esters is 3. The van der Waals surface area contributed by atoms with Gasteiger partial charge in [-0.25, -0.2) is 18.7 Å². The predicted octanol–water partition coefficient (Wildman–Crippen LogP) is 2.47. The number of ether oxygens (including phenoxy) is 4. The topological polar surface area (TPSA) is 158 Å². The van der Waals surface area contributed by atoms with Crippen LogP contribution in [0.4, 0.5) is 0 Å². The Morgan fingerprint density at radius 1 is 1.18 bits per heavy atom. The van der Waals surface area contributed by atoms with Gasteiger partial charge >= 0.3 is 31.5 Å². The molecule has 1 aliphatic heterocycles. The molecule has 0 bridgehead atoms. The molecule has 0 fully saturated rings. The second kappa shape index (κ2) is 13.8. The lowest BCUT2D eigenvalue weighted by molar-refractivity contribution is -0.173. The Morgan fingerprint density at radius 3 is 2.34 bits per heavy atom. The third-order valence-corrected chi connectivity index (χ3v) is 8.21. The van der Waals surface area contributed by atoms with Crippen LogP contribution in [-0.4, -0.2) is 91.9 Å². The van der Waals surface area contributed by atoms with Gasteiger partial charge in [0.05, 0.1) is 25.4 Å². The first kappa shape index (κ1) is 31.3. The number of rotatable bonds is 16. The first-order chi connectivity index (χ1) is 17.8. The van der Waals surface area contributed by atoms with Gasteiger partial charge in [0.2, 0.25) is 6.10 Å². The van der Waals surface area contributed by atoms with Crippen LogP contribution in [0.25, 0.3) is 0 Å². The zero-order valence-corrected chi connectivity index (χ0v) is 23.5. The molecule has 3 atom stereocenters. The number of carboxylic acids is 1. The molecule has 0 aromatic carbocycles. The molecule has 214 valence electrons. The molecule has 38 heavy (non-hydrogen) atoms. The smallest absolute Gasteiger partial charge is 0.395 e. The average Bonchev–Trinajstić information content (AvgIpc) is 3.12. The van der Waals surface area contributed by atoms with Crippen molar-refractivity contribution in [2.45, 2.75) is 58.2 Å². The van der Waals surface area contributed by atoms with E-state index in [-0.39, 0.29) is 12.4 Å². The summed E-state index contributed by atoms with van der Waals surface area (Å²) in [5, 5.41) is 8.81. The van der Waals surface area contributed by atoms with Crippen LogP contribution in [0.5, 0.6) is 0 Å². The maximum Gasteiger partial charge on any atom is 0.395 e. The van der Waals surface area contributed by atoms with Crippen molar-refractivity contribution in [1.29, 1.82) is 0 Å². The summed E-state index contributed by atoms with van der Waals surface area (Å²) in [6.07, 6.45) is 0.0747. The lowest BCUT2D eigenvalue weighted by atomic mass is 9.88. The van der Waals surface area contributed by atoms with Crippen LogP contribution in [0.2, 0.25) is 0 Å². The van der Waals surface area contributed by atoms with E-state index in [4.69, 9.17) is 28.6 Å². The first-order valence-corrected chi connectivity index (χ1v) is 13.8. The predicted molar refractivity (Wildman–Crippen MR) is 133 cm³/mol. The van der Waals surface area contributed by atoms with Crippen molar-refractivity contribution in [3.05, 3.63) is 23.2 Å². The molecule has 0 amide bonds. The van der Waals surface area contributed by atoms with Crippen molar-refractivity contribution >= 4 is 31.5 Å². The normalized spacial score (nSPS) is 20.0. The average molecular weight is 561 g/mol. The molecular formula is C24H37N2O11P. The van der Waals surface area contributed by atoms with Gasteiger partial charge in [0.15, 0.2) is 11.9 Å². The molecule has 2 aliphatic rings. The summed E-state index contributed by atoms with van der Waals surface area (Å²) < 4.78 is 43.9. The first-order valence-electron chi connectivity index (χ1n) is 12.3. The number of allylic oxidation sites excluding steroid dienone is 1. The van der Waals surface area contributed by atoms with E-state index in [2.05, 4.69) is 0 Å². The number of carbonyl (C=O) groups is 4. The van der Waals surface area contributed by atoms with Gasteiger partial charge in [-0.2, -0.15) is 0 Å². The summed E-state index contributed by atoms with van der Waals surface area (Å²) in [6.45, 7) is 3.42. The lowest BCUT2D eigenvalue weighted by Gasteiger charge is -2.29. The van der Waals surface area contributed by atoms with Crippen molar-refractivity contribution in [3.63, 3.8) is 0 Å². The highest BCUT2D eigenvalue weighted by Crippen LogP contribution is 2.54. The van der Waals surface area contributed by atoms with Crippen LogP contribution >= 0.6 is 7.67 Å². The largest absolute Gasteiger partial charge is 0.490 e. The number of aliphatic carboxylic acids is 1. The van der Waals surface area contributed by atoms with Gasteiger partial charge in [0, 0.05) is 0 Å². The van der Waals surface area contributed by atoms with Gasteiger partial charge < -0.3 is 28.6 Å². The number of unbranched alkanes of at least 4 members (excludes halogenated alkanes) is 1. The minimum Gasteiger partial charge on any atom is -0.490 e. The van der Waals surface area contributed by atoms with Crippen LogP contribution in [0, 0.1) is 5.92 Å². The molecule has 0 radical (unpaired) electrons. The Hall–Kier alpha value is -2.89. The number of hydrogen-bond donors (Lipinski definition) is 1. The van der Waals surface area contributed by atoms with Crippen LogP contribution in [0.3, 0.4) is 0 Å². The SMILES string of the molecule is CCCCOC1=C(OP(=O)(N(C)C)N(C)C)C(=O)OC1C(COC(=O)CCC(=O)O)OC(=O)C1C=C(C)C1. The molecule has 0 spiro atoms.